The van der Waals surface area contributed by atoms with Crippen molar-refractivity contribution in [2.45, 2.75) is 40.0 Å². The minimum atomic E-state index is -0.148. The molecule has 0 aliphatic heterocycles. The van der Waals surface area contributed by atoms with E-state index in [1.54, 1.807) is 0 Å². The summed E-state index contributed by atoms with van der Waals surface area (Å²) in [6.07, 6.45) is 4.46. The molecule has 2 nitrogen and oxygen atoms in total. The second-order valence-corrected chi connectivity index (χ2v) is 14.6. The van der Waals surface area contributed by atoms with E-state index < -0.39 is 0 Å². The Morgan fingerprint density at radius 2 is 0.904 bits per heavy atom. The molecule has 0 bridgehead atoms. The summed E-state index contributed by atoms with van der Waals surface area (Å²) in [6.45, 7) is 11.3. The fourth-order valence-corrected chi connectivity index (χ4v) is 7.84. The van der Waals surface area contributed by atoms with Crippen LogP contribution >= 0.6 is 0 Å². The smallest absolute Gasteiger partial charge is 0.0490 e. The molecule has 7 aromatic carbocycles. The fraction of sp³-hybridized carbons (Fsp3) is 0.120. The number of aryl methyl sites for hydroxylation is 3. The minimum absolute atomic E-state index is 0.148. The van der Waals surface area contributed by atoms with Gasteiger partial charge in [-0.25, -0.2) is 0 Å². The van der Waals surface area contributed by atoms with Crippen LogP contribution < -0.4 is 9.80 Å². The summed E-state index contributed by atoms with van der Waals surface area (Å²) in [5.41, 5.74) is 18.4. The van der Waals surface area contributed by atoms with E-state index in [1.165, 1.54) is 67.1 Å². The normalized spacial score (nSPS) is 12.8. The van der Waals surface area contributed by atoms with Crippen molar-refractivity contribution >= 4 is 46.3 Å². The number of hydrogen-bond acceptors (Lipinski definition) is 2. The van der Waals surface area contributed by atoms with Gasteiger partial charge in [0.1, 0.15) is 0 Å². The molecule has 1 aliphatic rings. The number of rotatable bonds is 8. The molecular weight excluding hydrogens is 629 g/mol. The van der Waals surface area contributed by atoms with E-state index in [4.69, 9.17) is 0 Å². The van der Waals surface area contributed by atoms with Crippen molar-refractivity contribution in [3.05, 3.63) is 203 Å². The van der Waals surface area contributed by atoms with Crippen LogP contribution in [0.25, 0.3) is 23.3 Å². The van der Waals surface area contributed by atoms with Gasteiger partial charge in [-0.3, -0.25) is 0 Å². The Morgan fingerprint density at radius 3 is 1.54 bits per heavy atom. The summed E-state index contributed by atoms with van der Waals surface area (Å²) in [5, 5.41) is 0. The number of hydrogen-bond donors (Lipinski definition) is 0. The van der Waals surface area contributed by atoms with Crippen LogP contribution in [-0.4, -0.2) is 0 Å². The summed E-state index contributed by atoms with van der Waals surface area (Å²) in [4.78, 5) is 4.72. The minimum Gasteiger partial charge on any atom is -0.311 e. The zero-order valence-corrected chi connectivity index (χ0v) is 30.6. The van der Waals surface area contributed by atoms with Crippen LogP contribution in [0.3, 0.4) is 0 Å². The lowest BCUT2D eigenvalue weighted by Crippen LogP contribution is -2.17. The van der Waals surface area contributed by atoms with E-state index in [0.717, 1.165) is 17.1 Å². The standard InChI is InChI=1S/C50H44N2/c1-35-30-36(2)32-44(31-35)52(49-19-13-12-14-37(49)3)43-27-29-46-45-28-24-39(33-47(45)50(4,5)48(46)34-43)21-20-38-22-25-42(26-23-38)51(40-15-8-6-9-16-40)41-17-10-7-11-18-41/h6-34H,1-5H3/b21-20+. The fourth-order valence-electron chi connectivity index (χ4n) is 7.84. The quantitative estimate of drug-likeness (QED) is 0.148. The molecule has 0 spiro atoms. The van der Waals surface area contributed by atoms with Crippen molar-refractivity contribution in [1.82, 2.24) is 0 Å². The third-order valence-corrected chi connectivity index (χ3v) is 10.4. The maximum atomic E-state index is 2.42. The Hall–Kier alpha value is -6.12. The highest BCUT2D eigenvalue weighted by Gasteiger charge is 2.36. The summed E-state index contributed by atoms with van der Waals surface area (Å²) in [7, 11) is 0. The average molecular weight is 673 g/mol. The first-order valence-electron chi connectivity index (χ1n) is 18.2. The molecule has 1 aliphatic carbocycles. The lowest BCUT2D eigenvalue weighted by atomic mass is 9.81. The highest BCUT2D eigenvalue weighted by molar-refractivity contribution is 5.87. The van der Waals surface area contributed by atoms with Gasteiger partial charge < -0.3 is 9.80 Å². The molecule has 0 aromatic heterocycles. The number of nitrogens with zero attached hydrogens (tertiary/aromatic N) is 2. The molecule has 0 fully saturated rings. The number of fused-ring (bicyclic) bond motifs is 3. The second-order valence-electron chi connectivity index (χ2n) is 14.6. The van der Waals surface area contributed by atoms with E-state index in [-0.39, 0.29) is 5.41 Å². The van der Waals surface area contributed by atoms with Crippen LogP contribution in [0.5, 0.6) is 0 Å². The average Bonchev–Trinajstić information content (AvgIpc) is 3.38. The van der Waals surface area contributed by atoms with Gasteiger partial charge in [-0.15, -0.1) is 0 Å². The van der Waals surface area contributed by atoms with E-state index >= 15 is 0 Å². The van der Waals surface area contributed by atoms with Crippen molar-refractivity contribution in [2.24, 2.45) is 0 Å². The zero-order valence-electron chi connectivity index (χ0n) is 30.6. The largest absolute Gasteiger partial charge is 0.311 e. The lowest BCUT2D eigenvalue weighted by molar-refractivity contribution is 0.660. The molecule has 0 atom stereocenters. The van der Waals surface area contributed by atoms with E-state index in [2.05, 4.69) is 220 Å². The lowest BCUT2D eigenvalue weighted by Gasteiger charge is -2.29. The summed E-state index contributed by atoms with van der Waals surface area (Å²) >= 11 is 0. The Bertz CT molecular complexity index is 2340. The van der Waals surface area contributed by atoms with E-state index in [1.807, 2.05) is 0 Å². The Balaban J connectivity index is 1.09. The van der Waals surface area contributed by atoms with Gasteiger partial charge in [0.25, 0.3) is 0 Å². The van der Waals surface area contributed by atoms with Crippen LogP contribution in [0.15, 0.2) is 164 Å². The van der Waals surface area contributed by atoms with Crippen LogP contribution in [0.1, 0.15) is 52.8 Å². The molecule has 0 radical (unpaired) electrons. The molecule has 0 saturated carbocycles. The number of anilines is 6. The Morgan fingerprint density at radius 1 is 0.404 bits per heavy atom. The number of benzene rings is 7. The number of para-hydroxylation sites is 3. The summed E-state index contributed by atoms with van der Waals surface area (Å²) in [5.74, 6) is 0. The molecule has 0 unspecified atom stereocenters. The topological polar surface area (TPSA) is 6.48 Å². The third kappa shape index (κ3) is 6.22. The molecule has 254 valence electrons. The van der Waals surface area contributed by atoms with E-state index in [0.29, 0.717) is 0 Å². The van der Waals surface area contributed by atoms with Gasteiger partial charge in [0.05, 0.1) is 0 Å². The molecule has 0 N–H and O–H groups in total. The molecular formula is C50H44N2. The van der Waals surface area contributed by atoms with Gasteiger partial charge in [0.15, 0.2) is 0 Å². The van der Waals surface area contributed by atoms with Crippen molar-refractivity contribution in [3.8, 4) is 11.1 Å². The zero-order chi connectivity index (χ0) is 35.8. The first-order chi connectivity index (χ1) is 25.3. The maximum Gasteiger partial charge on any atom is 0.0490 e. The Labute approximate surface area is 309 Å². The van der Waals surface area contributed by atoms with Crippen molar-refractivity contribution in [1.29, 1.82) is 0 Å². The van der Waals surface area contributed by atoms with Crippen LogP contribution in [0, 0.1) is 20.8 Å². The molecule has 8 rings (SSSR count). The van der Waals surface area contributed by atoms with Gasteiger partial charge >= 0.3 is 0 Å². The van der Waals surface area contributed by atoms with Crippen molar-refractivity contribution in [3.63, 3.8) is 0 Å². The van der Waals surface area contributed by atoms with E-state index in [9.17, 15) is 0 Å². The monoisotopic (exact) mass is 672 g/mol. The van der Waals surface area contributed by atoms with Crippen molar-refractivity contribution in [2.75, 3.05) is 9.80 Å². The summed E-state index contributed by atoms with van der Waals surface area (Å²) < 4.78 is 0. The maximum absolute atomic E-state index is 2.42. The predicted octanol–water partition coefficient (Wildman–Crippen LogP) is 14.0. The van der Waals surface area contributed by atoms with Gasteiger partial charge in [-0.1, -0.05) is 123 Å². The molecule has 0 saturated heterocycles. The highest BCUT2D eigenvalue weighted by Crippen LogP contribution is 2.51. The van der Waals surface area contributed by atoms with Crippen molar-refractivity contribution < 1.29 is 0 Å². The first-order valence-corrected chi connectivity index (χ1v) is 18.2. The Kier molecular flexibility index (Phi) is 8.61. The van der Waals surface area contributed by atoms with Gasteiger partial charge in [0, 0.05) is 39.5 Å². The predicted molar refractivity (Wildman–Crippen MR) is 223 cm³/mol. The molecule has 2 heteroatoms. The van der Waals surface area contributed by atoms with Crippen LogP contribution in [0.2, 0.25) is 0 Å². The summed E-state index contributed by atoms with van der Waals surface area (Å²) in [6, 6.07) is 59.4. The SMILES string of the molecule is Cc1cc(C)cc(N(c2ccc3c(c2)C(C)(C)c2cc(/C=C/c4ccc(N(c5ccccc5)c5ccccc5)cc4)ccc2-3)c2ccccc2C)c1. The van der Waals surface area contributed by atoms with Gasteiger partial charge in [-0.2, -0.15) is 0 Å². The second kappa shape index (κ2) is 13.5. The van der Waals surface area contributed by atoms with Crippen LogP contribution in [0.4, 0.5) is 34.1 Å². The highest BCUT2D eigenvalue weighted by atomic mass is 15.1. The van der Waals surface area contributed by atoms with Gasteiger partial charge in [-0.05, 0) is 138 Å². The molecule has 0 heterocycles. The van der Waals surface area contributed by atoms with Gasteiger partial charge in [0.2, 0.25) is 0 Å². The molecule has 0 amide bonds. The third-order valence-electron chi connectivity index (χ3n) is 10.4. The molecule has 7 aromatic rings. The first kappa shape index (κ1) is 33.0. The van der Waals surface area contributed by atoms with Crippen LogP contribution in [-0.2, 0) is 5.41 Å². The molecule has 52 heavy (non-hydrogen) atoms.